The highest BCUT2D eigenvalue weighted by atomic mass is 32.1. The second kappa shape index (κ2) is 8.23. The van der Waals surface area contributed by atoms with Gasteiger partial charge in [0.25, 0.3) is 0 Å². The van der Waals surface area contributed by atoms with Crippen LogP contribution in [0.4, 0.5) is 0 Å². The van der Waals surface area contributed by atoms with E-state index in [4.69, 9.17) is 26.4 Å². The van der Waals surface area contributed by atoms with Gasteiger partial charge in [-0.3, -0.25) is 9.59 Å². The van der Waals surface area contributed by atoms with E-state index in [-0.39, 0.29) is 36.9 Å². The molecule has 134 valence electrons. The molecule has 0 radical (unpaired) electrons. The Morgan fingerprint density at radius 1 is 1.04 bits per heavy atom. The highest BCUT2D eigenvalue weighted by Gasteiger charge is 2.57. The molecule has 1 rings (SSSR count). The molecule has 8 heteroatoms. The van der Waals surface area contributed by atoms with Crippen molar-refractivity contribution >= 4 is 35.1 Å². The van der Waals surface area contributed by atoms with Crippen LogP contribution in [0.3, 0.4) is 0 Å². The summed E-state index contributed by atoms with van der Waals surface area (Å²) in [5.74, 6) is -2.11. The van der Waals surface area contributed by atoms with Crippen LogP contribution in [-0.2, 0) is 28.6 Å². The fourth-order valence-electron chi connectivity index (χ4n) is 2.65. The maximum atomic E-state index is 12.6. The molecule has 24 heavy (non-hydrogen) atoms. The molecular weight excluding hydrogens is 334 g/mol. The van der Waals surface area contributed by atoms with E-state index in [0.29, 0.717) is 5.57 Å². The number of ether oxygens (including phenoxy) is 3. The Balaban J connectivity index is 3.43. The summed E-state index contributed by atoms with van der Waals surface area (Å²) in [7, 11) is 1.52. The van der Waals surface area contributed by atoms with Gasteiger partial charge in [-0.2, -0.15) is 0 Å². The van der Waals surface area contributed by atoms with Crippen molar-refractivity contribution in [3.05, 3.63) is 11.3 Å². The van der Waals surface area contributed by atoms with Crippen molar-refractivity contribution < 1.29 is 28.6 Å². The smallest absolute Gasteiger partial charge is 0.354 e. The standard InChI is InChI=1S/C16H23NO6S/c1-6-21-12(18)11-10(4)9-16(13(24)17(11)5,14(19)22-7-2)15(20)23-8-3/h6-9H2,1-5H3. The predicted octanol–water partition coefficient (Wildman–Crippen LogP) is 1.60. The van der Waals surface area contributed by atoms with Crippen molar-refractivity contribution in [2.24, 2.45) is 5.41 Å². The maximum Gasteiger partial charge on any atom is 0.354 e. The number of likely N-dealkylation sites (N-methyl/N-ethyl adjacent to an activating group) is 1. The number of allylic oxidation sites excluding steroid dienone is 1. The number of hydrogen-bond acceptors (Lipinski definition) is 7. The third kappa shape index (κ3) is 3.43. The lowest BCUT2D eigenvalue weighted by Crippen LogP contribution is -2.56. The molecule has 0 saturated heterocycles. The van der Waals surface area contributed by atoms with Crippen LogP contribution in [0.1, 0.15) is 34.1 Å². The van der Waals surface area contributed by atoms with E-state index in [2.05, 4.69) is 0 Å². The van der Waals surface area contributed by atoms with E-state index in [1.165, 1.54) is 11.9 Å². The van der Waals surface area contributed by atoms with Crippen molar-refractivity contribution in [1.29, 1.82) is 0 Å². The minimum atomic E-state index is -1.77. The number of rotatable bonds is 6. The van der Waals surface area contributed by atoms with Crippen LogP contribution in [0, 0.1) is 5.41 Å². The first kappa shape index (κ1) is 20.1. The predicted molar refractivity (Wildman–Crippen MR) is 90.0 cm³/mol. The fourth-order valence-corrected chi connectivity index (χ4v) is 2.98. The summed E-state index contributed by atoms with van der Waals surface area (Å²) >= 11 is 5.36. The van der Waals surface area contributed by atoms with Gasteiger partial charge in [0, 0.05) is 13.5 Å². The topological polar surface area (TPSA) is 82.1 Å². The van der Waals surface area contributed by atoms with Gasteiger partial charge in [0.15, 0.2) is 0 Å². The van der Waals surface area contributed by atoms with Gasteiger partial charge >= 0.3 is 17.9 Å². The van der Waals surface area contributed by atoms with Gasteiger partial charge in [0.05, 0.1) is 19.8 Å². The number of thiocarbonyl (C=S) groups is 1. The first-order chi connectivity index (χ1) is 11.3. The summed E-state index contributed by atoms with van der Waals surface area (Å²) in [6, 6.07) is 0. The van der Waals surface area contributed by atoms with E-state index in [0.717, 1.165) is 0 Å². The van der Waals surface area contributed by atoms with E-state index >= 15 is 0 Å². The third-order valence-corrected chi connectivity index (χ3v) is 4.28. The van der Waals surface area contributed by atoms with Crippen molar-refractivity contribution in [3.8, 4) is 0 Å². The average Bonchev–Trinajstić information content (AvgIpc) is 2.51. The van der Waals surface area contributed by atoms with Gasteiger partial charge in [-0.05, 0) is 33.3 Å². The van der Waals surface area contributed by atoms with Crippen molar-refractivity contribution in [2.45, 2.75) is 34.1 Å². The molecule has 0 aromatic heterocycles. The summed E-state index contributed by atoms with van der Waals surface area (Å²) in [5.41, 5.74) is -1.03. The molecule has 0 amide bonds. The molecule has 0 atom stereocenters. The van der Waals surface area contributed by atoms with Crippen LogP contribution in [-0.4, -0.2) is 54.7 Å². The molecule has 0 saturated carbocycles. The molecule has 0 fully saturated rings. The molecule has 0 spiro atoms. The zero-order chi connectivity index (χ0) is 18.5. The van der Waals surface area contributed by atoms with Crippen LogP contribution >= 0.6 is 12.2 Å². The Labute approximate surface area is 146 Å². The Bertz CT molecular complexity index is 565. The summed E-state index contributed by atoms with van der Waals surface area (Å²) in [5, 5.41) is 0. The second-order valence-electron chi connectivity index (χ2n) is 5.24. The largest absolute Gasteiger partial charge is 0.465 e. The molecule has 7 nitrogen and oxygen atoms in total. The summed E-state index contributed by atoms with van der Waals surface area (Å²) in [4.78, 5) is 38.6. The lowest BCUT2D eigenvalue weighted by Gasteiger charge is -2.39. The molecule has 1 aliphatic rings. The van der Waals surface area contributed by atoms with Gasteiger partial charge < -0.3 is 19.1 Å². The van der Waals surface area contributed by atoms with E-state index in [1.807, 2.05) is 0 Å². The first-order valence-corrected chi connectivity index (χ1v) is 8.18. The lowest BCUT2D eigenvalue weighted by atomic mass is 9.77. The van der Waals surface area contributed by atoms with E-state index in [9.17, 15) is 14.4 Å². The SMILES string of the molecule is CCOC(=O)C1=C(C)CC(C(=O)OCC)(C(=O)OCC)C(=S)N1C. The lowest BCUT2D eigenvalue weighted by molar-refractivity contribution is -0.167. The summed E-state index contributed by atoms with van der Waals surface area (Å²) in [6.07, 6.45) is -0.0814. The minimum Gasteiger partial charge on any atom is -0.465 e. The molecule has 0 unspecified atom stereocenters. The molecule has 0 aliphatic carbocycles. The Morgan fingerprint density at radius 2 is 1.50 bits per heavy atom. The highest BCUT2D eigenvalue weighted by Crippen LogP contribution is 2.40. The number of carbonyl (C=O) groups is 3. The molecule has 1 aliphatic heterocycles. The molecule has 0 aromatic carbocycles. The molecule has 0 aromatic rings. The zero-order valence-electron chi connectivity index (χ0n) is 14.6. The van der Waals surface area contributed by atoms with Crippen LogP contribution < -0.4 is 0 Å². The summed E-state index contributed by atoms with van der Waals surface area (Å²) < 4.78 is 15.2. The maximum absolute atomic E-state index is 12.6. The highest BCUT2D eigenvalue weighted by molar-refractivity contribution is 7.80. The van der Waals surface area contributed by atoms with Gasteiger partial charge in [0.2, 0.25) is 5.41 Å². The van der Waals surface area contributed by atoms with Gasteiger partial charge in [-0.25, -0.2) is 4.79 Å². The number of carbonyl (C=O) groups excluding carboxylic acids is 3. The average molecular weight is 357 g/mol. The van der Waals surface area contributed by atoms with Crippen LogP contribution in [0.25, 0.3) is 0 Å². The number of hydrogen-bond donors (Lipinski definition) is 0. The monoisotopic (exact) mass is 357 g/mol. The van der Waals surface area contributed by atoms with E-state index < -0.39 is 23.3 Å². The van der Waals surface area contributed by atoms with Crippen LogP contribution in [0.5, 0.6) is 0 Å². The normalized spacial score (nSPS) is 16.7. The Kier molecular flexibility index (Phi) is 6.89. The van der Waals surface area contributed by atoms with Crippen LogP contribution in [0.15, 0.2) is 11.3 Å². The Morgan fingerprint density at radius 3 is 1.92 bits per heavy atom. The van der Waals surface area contributed by atoms with E-state index in [1.54, 1.807) is 27.7 Å². The third-order valence-electron chi connectivity index (χ3n) is 3.66. The molecule has 1 heterocycles. The van der Waals surface area contributed by atoms with Crippen molar-refractivity contribution in [3.63, 3.8) is 0 Å². The number of esters is 3. The van der Waals surface area contributed by atoms with Gasteiger partial charge in [-0.15, -0.1) is 0 Å². The van der Waals surface area contributed by atoms with Gasteiger partial charge in [-0.1, -0.05) is 12.2 Å². The first-order valence-electron chi connectivity index (χ1n) is 7.77. The quantitative estimate of drug-likeness (QED) is 0.307. The minimum absolute atomic E-state index is 0.0342. The second-order valence-corrected chi connectivity index (χ2v) is 5.62. The van der Waals surface area contributed by atoms with Gasteiger partial charge in [0.1, 0.15) is 10.7 Å². The summed E-state index contributed by atoms with van der Waals surface area (Å²) in [6.45, 7) is 7.02. The molecule has 0 bridgehead atoms. The molecule has 0 N–H and O–H groups in total. The fraction of sp³-hybridized carbons (Fsp3) is 0.625. The van der Waals surface area contributed by atoms with Crippen molar-refractivity contribution in [2.75, 3.05) is 26.9 Å². The van der Waals surface area contributed by atoms with Crippen LogP contribution in [0.2, 0.25) is 0 Å². The molecular formula is C16H23NO6S. The number of nitrogens with zero attached hydrogens (tertiary/aromatic N) is 1. The zero-order valence-corrected chi connectivity index (χ0v) is 15.4. The Hall–Kier alpha value is -1.96. The van der Waals surface area contributed by atoms with Crippen molar-refractivity contribution in [1.82, 2.24) is 4.90 Å².